The minimum Gasteiger partial charge on any atom is -0.489 e. The molecule has 2 aromatic heterocycles. The second-order valence-corrected chi connectivity index (χ2v) is 8.42. The molecule has 0 aliphatic heterocycles. The van der Waals surface area contributed by atoms with Gasteiger partial charge in [-0.05, 0) is 57.0 Å². The number of hydrogen-bond donors (Lipinski definition) is 4. The first kappa shape index (κ1) is 27.0. The predicted molar refractivity (Wildman–Crippen MR) is 137 cm³/mol. The summed E-state index contributed by atoms with van der Waals surface area (Å²) in [4.78, 5) is 56.3. The number of fused-ring (bicyclic) bond motifs is 1. The topological polar surface area (TPSA) is 170 Å². The minimum atomic E-state index is -1.02. The first-order valence-corrected chi connectivity index (χ1v) is 11.6. The van der Waals surface area contributed by atoms with Gasteiger partial charge in [0.25, 0.3) is 5.56 Å². The van der Waals surface area contributed by atoms with Crippen LogP contribution in [0, 0.1) is 0 Å². The number of methoxy groups -OCH3 is 1. The van der Waals surface area contributed by atoms with Gasteiger partial charge in [0.2, 0.25) is 11.8 Å². The summed E-state index contributed by atoms with van der Waals surface area (Å²) in [5.74, 6) is -0.0723. The molecular weight excluding hydrogens is 480 g/mol. The maximum atomic E-state index is 13.1. The smallest absolute Gasteiger partial charge is 0.407 e. The molecule has 0 aliphatic rings. The molecule has 3 amide bonds. The molecule has 0 spiro atoms. The Kier molecular flexibility index (Phi) is 9.03. The van der Waals surface area contributed by atoms with E-state index < -0.39 is 29.5 Å². The third-order valence-electron chi connectivity index (χ3n) is 5.18. The Morgan fingerprint density at radius 3 is 2.70 bits per heavy atom. The number of nitrogens with one attached hydrogen (secondary N) is 3. The third-order valence-corrected chi connectivity index (χ3v) is 5.18. The number of aromatic amines is 1. The molecule has 0 saturated carbocycles. The third kappa shape index (κ3) is 7.43. The molecule has 12 heteroatoms. The van der Waals surface area contributed by atoms with E-state index in [9.17, 15) is 19.2 Å². The predicted octanol–water partition coefficient (Wildman–Crippen LogP) is 2.04. The first-order valence-electron chi connectivity index (χ1n) is 11.6. The highest BCUT2D eigenvalue weighted by molar-refractivity contribution is 5.96. The van der Waals surface area contributed by atoms with Gasteiger partial charge in [0, 0.05) is 6.20 Å². The van der Waals surface area contributed by atoms with Gasteiger partial charge in [0.15, 0.2) is 0 Å². The van der Waals surface area contributed by atoms with Crippen molar-refractivity contribution >= 4 is 34.6 Å². The van der Waals surface area contributed by atoms with Crippen LogP contribution in [0.1, 0.15) is 32.5 Å². The van der Waals surface area contributed by atoms with Gasteiger partial charge in [-0.3, -0.25) is 14.4 Å². The molecular formula is C25H30N6O6. The monoisotopic (exact) mass is 510 g/mol. The van der Waals surface area contributed by atoms with Crippen molar-refractivity contribution in [3.63, 3.8) is 0 Å². The molecule has 12 nitrogen and oxygen atoms in total. The molecule has 0 aliphatic carbocycles. The molecule has 0 saturated heterocycles. The Bertz CT molecular complexity index is 1360. The molecule has 1 aromatic carbocycles. The van der Waals surface area contributed by atoms with Crippen LogP contribution in [-0.2, 0) is 20.9 Å². The normalized spacial score (nSPS) is 12.0. The number of ether oxygens (including phenoxy) is 2. The van der Waals surface area contributed by atoms with Crippen LogP contribution in [0.25, 0.3) is 11.0 Å². The number of primary amides is 1. The van der Waals surface area contributed by atoms with Crippen molar-refractivity contribution in [2.75, 3.05) is 12.4 Å². The number of carbonyl (C=O) groups excluding carboxylic acids is 3. The number of carbonyl (C=O) groups is 3. The molecule has 37 heavy (non-hydrogen) atoms. The zero-order valence-corrected chi connectivity index (χ0v) is 20.8. The van der Waals surface area contributed by atoms with Gasteiger partial charge in [0.05, 0.1) is 25.3 Å². The number of rotatable bonds is 11. The van der Waals surface area contributed by atoms with Crippen molar-refractivity contribution in [3.8, 4) is 5.75 Å². The summed E-state index contributed by atoms with van der Waals surface area (Å²) < 4.78 is 11.8. The van der Waals surface area contributed by atoms with E-state index in [4.69, 9.17) is 10.5 Å². The molecule has 196 valence electrons. The summed E-state index contributed by atoms with van der Waals surface area (Å²) in [6.07, 6.45) is 3.82. The van der Waals surface area contributed by atoms with Crippen LogP contribution >= 0.6 is 0 Å². The fourth-order valence-corrected chi connectivity index (χ4v) is 3.55. The van der Waals surface area contributed by atoms with Crippen LogP contribution in [0.5, 0.6) is 5.75 Å². The number of alkyl carbamates (subject to hydrolysis) is 1. The van der Waals surface area contributed by atoms with E-state index in [0.29, 0.717) is 17.1 Å². The van der Waals surface area contributed by atoms with Gasteiger partial charge in [-0.1, -0.05) is 12.1 Å². The number of para-hydroxylation sites is 1. The maximum absolute atomic E-state index is 13.1. The second-order valence-electron chi connectivity index (χ2n) is 8.42. The summed E-state index contributed by atoms with van der Waals surface area (Å²) in [7, 11) is 1.17. The van der Waals surface area contributed by atoms with E-state index in [1.54, 1.807) is 12.3 Å². The Balaban J connectivity index is 1.78. The van der Waals surface area contributed by atoms with Crippen LogP contribution in [-0.4, -0.2) is 51.7 Å². The fourth-order valence-electron chi connectivity index (χ4n) is 3.55. The number of imidazole rings is 1. The highest BCUT2D eigenvalue weighted by atomic mass is 16.5. The number of amides is 3. The van der Waals surface area contributed by atoms with Gasteiger partial charge in [-0.25, -0.2) is 9.78 Å². The van der Waals surface area contributed by atoms with E-state index in [1.165, 1.54) is 29.9 Å². The van der Waals surface area contributed by atoms with Crippen LogP contribution in [0.15, 0.2) is 53.5 Å². The average molecular weight is 511 g/mol. The second kappa shape index (κ2) is 12.4. The fraction of sp³-hybridized carbons (Fsp3) is 0.320. The van der Waals surface area contributed by atoms with Crippen molar-refractivity contribution in [3.05, 3.63) is 64.9 Å². The summed E-state index contributed by atoms with van der Waals surface area (Å²) in [5.41, 5.74) is 6.06. The van der Waals surface area contributed by atoms with Crippen LogP contribution < -0.4 is 26.7 Å². The molecule has 3 rings (SSSR count). The maximum Gasteiger partial charge on any atom is 0.407 e. The standard InChI is InChI=1S/C25H30N6O6/c1-15(2)37-19-11-6-9-16-22(19)30-21(27-16)14-31-13-7-10-18(24(31)34)28-23(33)17(29-25(35)36-3)8-4-5-12-20(26)32/h5-7,9-13,15,17H,4,8,14H2,1-3H3,(H2,26,32)(H,27,30)(H,28,33)(H,29,35)/b12-5+/t17-/m0/s1. The number of allylic oxidation sites excluding steroid dienone is 1. The van der Waals surface area contributed by atoms with Crippen molar-refractivity contribution in [2.45, 2.75) is 45.4 Å². The van der Waals surface area contributed by atoms with Crippen LogP contribution in [0.3, 0.4) is 0 Å². The van der Waals surface area contributed by atoms with Crippen molar-refractivity contribution in [2.24, 2.45) is 5.73 Å². The number of H-pyrrole nitrogens is 1. The van der Waals surface area contributed by atoms with Gasteiger partial charge in [-0.15, -0.1) is 0 Å². The Morgan fingerprint density at radius 2 is 2.00 bits per heavy atom. The largest absolute Gasteiger partial charge is 0.489 e. The Morgan fingerprint density at radius 1 is 1.22 bits per heavy atom. The number of benzene rings is 1. The SMILES string of the molecule is COC(=O)N[C@@H](CC/C=C/C(N)=O)C(=O)Nc1cccn(Cc2nc3c(OC(C)C)cccc3[nH]2)c1=O. The quantitative estimate of drug-likeness (QED) is 0.286. The highest BCUT2D eigenvalue weighted by Crippen LogP contribution is 2.24. The van der Waals surface area contributed by atoms with E-state index in [1.807, 2.05) is 32.0 Å². The number of nitrogens with two attached hydrogens (primary N) is 1. The number of hydrogen-bond acceptors (Lipinski definition) is 7. The lowest BCUT2D eigenvalue weighted by Crippen LogP contribution is -2.44. The molecule has 0 fully saturated rings. The van der Waals surface area contributed by atoms with Gasteiger partial charge in [0.1, 0.15) is 28.8 Å². The molecule has 0 unspecified atom stereocenters. The first-order chi connectivity index (χ1) is 17.7. The van der Waals surface area contributed by atoms with Crippen molar-refractivity contribution < 1.29 is 23.9 Å². The Labute approximate surface area is 212 Å². The zero-order chi connectivity index (χ0) is 26.9. The lowest BCUT2D eigenvalue weighted by molar-refractivity contribution is -0.118. The molecule has 0 bridgehead atoms. The van der Waals surface area contributed by atoms with Crippen LogP contribution in [0.4, 0.5) is 10.5 Å². The molecule has 2 heterocycles. The summed E-state index contributed by atoms with van der Waals surface area (Å²) in [5, 5.41) is 4.99. The van der Waals surface area contributed by atoms with Gasteiger partial charge < -0.3 is 35.4 Å². The molecule has 3 aromatic rings. The number of aromatic nitrogens is 3. The number of nitrogens with zero attached hydrogens (tertiary/aromatic N) is 2. The summed E-state index contributed by atoms with van der Waals surface area (Å²) in [6, 6.07) is 7.61. The molecule has 1 atom stereocenters. The van der Waals surface area contributed by atoms with E-state index in [2.05, 4.69) is 25.3 Å². The molecule has 0 radical (unpaired) electrons. The average Bonchev–Trinajstić information content (AvgIpc) is 3.26. The number of anilines is 1. The van der Waals surface area contributed by atoms with Gasteiger partial charge in [-0.2, -0.15) is 0 Å². The Hall–Kier alpha value is -4.61. The van der Waals surface area contributed by atoms with Crippen LogP contribution in [0.2, 0.25) is 0 Å². The van der Waals surface area contributed by atoms with Crippen molar-refractivity contribution in [1.82, 2.24) is 19.9 Å². The summed E-state index contributed by atoms with van der Waals surface area (Å²) >= 11 is 0. The number of pyridine rings is 1. The van der Waals surface area contributed by atoms with Crippen molar-refractivity contribution in [1.29, 1.82) is 0 Å². The summed E-state index contributed by atoms with van der Waals surface area (Å²) in [6.45, 7) is 3.98. The minimum absolute atomic E-state index is 0.0228. The van der Waals surface area contributed by atoms with E-state index in [0.717, 1.165) is 5.52 Å². The van der Waals surface area contributed by atoms with E-state index >= 15 is 0 Å². The lowest BCUT2D eigenvalue weighted by atomic mass is 10.1. The lowest BCUT2D eigenvalue weighted by Gasteiger charge is -2.17. The van der Waals surface area contributed by atoms with E-state index in [-0.39, 0.29) is 31.2 Å². The molecule has 5 N–H and O–H groups in total. The zero-order valence-electron chi connectivity index (χ0n) is 20.8. The highest BCUT2D eigenvalue weighted by Gasteiger charge is 2.22. The van der Waals surface area contributed by atoms with Gasteiger partial charge >= 0.3 is 6.09 Å².